The molecule has 1 aromatic rings. The standard InChI is InChI=1S/C12H20N4O2/c1-16-11(14-9-15-16)4-5-13-12(17)7-10-3-2-6-18-8-10/h9-10H,2-8H2,1H3,(H,13,17). The molecule has 1 aliphatic heterocycles. The van der Waals surface area contributed by atoms with Crippen LogP contribution in [0.1, 0.15) is 25.1 Å². The van der Waals surface area contributed by atoms with Gasteiger partial charge in [-0.05, 0) is 18.8 Å². The molecule has 1 N–H and O–H groups in total. The largest absolute Gasteiger partial charge is 0.381 e. The second-order valence-corrected chi connectivity index (χ2v) is 4.69. The Hall–Kier alpha value is -1.43. The number of carbonyl (C=O) groups is 1. The van der Waals surface area contributed by atoms with Crippen LogP contribution in [0, 0.1) is 5.92 Å². The summed E-state index contributed by atoms with van der Waals surface area (Å²) in [5.41, 5.74) is 0. The molecule has 6 heteroatoms. The van der Waals surface area contributed by atoms with Crippen molar-refractivity contribution < 1.29 is 9.53 Å². The first kappa shape index (κ1) is 13.0. The lowest BCUT2D eigenvalue weighted by Crippen LogP contribution is -2.30. The molecule has 2 rings (SSSR count). The topological polar surface area (TPSA) is 69.0 Å². The van der Waals surface area contributed by atoms with Gasteiger partial charge in [-0.15, -0.1) is 0 Å². The van der Waals surface area contributed by atoms with Gasteiger partial charge in [-0.25, -0.2) is 4.98 Å². The van der Waals surface area contributed by atoms with Gasteiger partial charge >= 0.3 is 0 Å². The summed E-state index contributed by atoms with van der Waals surface area (Å²) in [5.74, 6) is 1.37. The molecule has 1 aromatic heterocycles. The fourth-order valence-corrected chi connectivity index (χ4v) is 2.16. The average Bonchev–Trinajstić information content (AvgIpc) is 2.76. The third-order valence-electron chi connectivity index (χ3n) is 3.20. The molecule has 1 amide bonds. The Morgan fingerprint density at radius 3 is 3.22 bits per heavy atom. The number of ether oxygens (including phenoxy) is 1. The first-order valence-electron chi connectivity index (χ1n) is 6.43. The number of aromatic nitrogens is 3. The van der Waals surface area contributed by atoms with Crippen molar-refractivity contribution in [3.8, 4) is 0 Å². The van der Waals surface area contributed by atoms with Crippen molar-refractivity contribution in [2.24, 2.45) is 13.0 Å². The van der Waals surface area contributed by atoms with Crippen molar-refractivity contribution in [2.75, 3.05) is 19.8 Å². The van der Waals surface area contributed by atoms with E-state index in [1.165, 1.54) is 6.33 Å². The lowest BCUT2D eigenvalue weighted by molar-refractivity contribution is -0.123. The van der Waals surface area contributed by atoms with Gasteiger partial charge in [0.15, 0.2) is 0 Å². The highest BCUT2D eigenvalue weighted by molar-refractivity contribution is 5.76. The van der Waals surface area contributed by atoms with Crippen LogP contribution in [0.5, 0.6) is 0 Å². The summed E-state index contributed by atoms with van der Waals surface area (Å²) < 4.78 is 7.08. The molecule has 6 nitrogen and oxygen atoms in total. The van der Waals surface area contributed by atoms with E-state index in [1.54, 1.807) is 4.68 Å². The average molecular weight is 252 g/mol. The van der Waals surface area contributed by atoms with E-state index in [4.69, 9.17) is 4.74 Å². The van der Waals surface area contributed by atoms with Crippen LogP contribution in [-0.2, 0) is 23.0 Å². The van der Waals surface area contributed by atoms with Gasteiger partial charge in [-0.2, -0.15) is 5.10 Å². The molecule has 0 aromatic carbocycles. The second-order valence-electron chi connectivity index (χ2n) is 4.69. The summed E-state index contributed by atoms with van der Waals surface area (Å²) in [7, 11) is 1.85. The number of nitrogens with one attached hydrogen (secondary N) is 1. The first-order chi connectivity index (χ1) is 8.75. The van der Waals surface area contributed by atoms with Gasteiger partial charge in [0, 0.05) is 39.6 Å². The molecule has 1 atom stereocenters. The van der Waals surface area contributed by atoms with E-state index in [1.807, 2.05) is 7.05 Å². The Kier molecular flexibility index (Phi) is 4.69. The van der Waals surface area contributed by atoms with Gasteiger partial charge in [-0.3, -0.25) is 9.48 Å². The van der Waals surface area contributed by atoms with Crippen molar-refractivity contribution in [1.29, 1.82) is 0 Å². The SMILES string of the molecule is Cn1ncnc1CCNC(=O)CC1CCCOC1. The fraction of sp³-hybridized carbons (Fsp3) is 0.750. The Morgan fingerprint density at radius 1 is 1.67 bits per heavy atom. The van der Waals surface area contributed by atoms with Crippen LogP contribution < -0.4 is 5.32 Å². The van der Waals surface area contributed by atoms with Crippen LogP contribution in [0.15, 0.2) is 6.33 Å². The van der Waals surface area contributed by atoms with Gasteiger partial charge in [0.2, 0.25) is 5.91 Å². The summed E-state index contributed by atoms with van der Waals surface area (Å²) in [4.78, 5) is 15.8. The Morgan fingerprint density at radius 2 is 2.56 bits per heavy atom. The molecule has 1 aliphatic rings. The van der Waals surface area contributed by atoms with Gasteiger partial charge in [0.05, 0.1) is 0 Å². The highest BCUT2D eigenvalue weighted by atomic mass is 16.5. The zero-order chi connectivity index (χ0) is 12.8. The molecule has 1 fully saturated rings. The third-order valence-corrected chi connectivity index (χ3v) is 3.20. The molecule has 0 saturated carbocycles. The van der Waals surface area contributed by atoms with Crippen molar-refractivity contribution >= 4 is 5.91 Å². The minimum absolute atomic E-state index is 0.104. The molecule has 0 spiro atoms. The summed E-state index contributed by atoms with van der Waals surface area (Å²) in [6.45, 7) is 2.17. The van der Waals surface area contributed by atoms with Crippen molar-refractivity contribution in [3.63, 3.8) is 0 Å². The Labute approximate surface area is 107 Å². The smallest absolute Gasteiger partial charge is 0.220 e. The number of aryl methyl sites for hydroxylation is 1. The minimum atomic E-state index is 0.104. The van der Waals surface area contributed by atoms with E-state index in [0.29, 0.717) is 25.3 Å². The number of hydrogen-bond donors (Lipinski definition) is 1. The normalized spacial score (nSPS) is 19.7. The second kappa shape index (κ2) is 6.49. The van der Waals surface area contributed by atoms with E-state index < -0.39 is 0 Å². The first-order valence-corrected chi connectivity index (χ1v) is 6.43. The highest BCUT2D eigenvalue weighted by Crippen LogP contribution is 2.16. The van der Waals surface area contributed by atoms with Gasteiger partial charge in [0.1, 0.15) is 12.2 Å². The molecule has 18 heavy (non-hydrogen) atoms. The predicted octanol–water partition coefficient (Wildman–Crippen LogP) is 0.290. The van der Waals surface area contributed by atoms with Crippen LogP contribution >= 0.6 is 0 Å². The number of nitrogens with zero attached hydrogens (tertiary/aromatic N) is 3. The summed E-state index contributed by atoms with van der Waals surface area (Å²) in [5, 5.41) is 6.90. The molecule has 0 aliphatic carbocycles. The number of rotatable bonds is 5. The molecule has 1 unspecified atom stereocenters. The van der Waals surface area contributed by atoms with E-state index in [9.17, 15) is 4.79 Å². The fourth-order valence-electron chi connectivity index (χ4n) is 2.16. The van der Waals surface area contributed by atoms with Crippen LogP contribution in [0.2, 0.25) is 0 Å². The maximum atomic E-state index is 11.7. The number of amides is 1. The third kappa shape index (κ3) is 3.80. The Bertz CT molecular complexity index is 385. The molecule has 0 bridgehead atoms. The quantitative estimate of drug-likeness (QED) is 0.818. The molecular formula is C12H20N4O2. The monoisotopic (exact) mass is 252 g/mol. The van der Waals surface area contributed by atoms with Crippen molar-refractivity contribution in [3.05, 3.63) is 12.2 Å². The van der Waals surface area contributed by atoms with Crippen LogP contribution in [0.3, 0.4) is 0 Å². The van der Waals surface area contributed by atoms with Gasteiger partial charge in [-0.1, -0.05) is 0 Å². The summed E-state index contributed by atoms with van der Waals surface area (Å²) >= 11 is 0. The van der Waals surface area contributed by atoms with Crippen molar-refractivity contribution in [1.82, 2.24) is 20.1 Å². The van der Waals surface area contributed by atoms with Crippen LogP contribution in [-0.4, -0.2) is 40.4 Å². The maximum Gasteiger partial charge on any atom is 0.220 e. The predicted molar refractivity (Wildman–Crippen MR) is 65.9 cm³/mol. The summed E-state index contributed by atoms with van der Waals surface area (Å²) in [6.07, 6.45) is 4.96. The number of hydrogen-bond acceptors (Lipinski definition) is 4. The zero-order valence-corrected chi connectivity index (χ0v) is 10.8. The lowest BCUT2D eigenvalue weighted by atomic mass is 9.98. The van der Waals surface area contributed by atoms with Crippen LogP contribution in [0.4, 0.5) is 0 Å². The molecule has 2 heterocycles. The molecule has 100 valence electrons. The van der Waals surface area contributed by atoms with E-state index in [-0.39, 0.29) is 5.91 Å². The van der Waals surface area contributed by atoms with E-state index >= 15 is 0 Å². The number of carbonyl (C=O) groups excluding carboxylic acids is 1. The minimum Gasteiger partial charge on any atom is -0.381 e. The molecule has 0 radical (unpaired) electrons. The highest BCUT2D eigenvalue weighted by Gasteiger charge is 2.17. The molecular weight excluding hydrogens is 232 g/mol. The van der Waals surface area contributed by atoms with E-state index in [0.717, 1.165) is 31.9 Å². The van der Waals surface area contributed by atoms with Gasteiger partial charge < -0.3 is 10.1 Å². The van der Waals surface area contributed by atoms with E-state index in [2.05, 4.69) is 15.4 Å². The zero-order valence-electron chi connectivity index (χ0n) is 10.8. The lowest BCUT2D eigenvalue weighted by Gasteiger charge is -2.21. The maximum absolute atomic E-state index is 11.7. The molecule has 1 saturated heterocycles. The van der Waals surface area contributed by atoms with Crippen LogP contribution in [0.25, 0.3) is 0 Å². The summed E-state index contributed by atoms with van der Waals surface area (Å²) in [6, 6.07) is 0. The van der Waals surface area contributed by atoms with Gasteiger partial charge in [0.25, 0.3) is 0 Å². The Balaban J connectivity index is 1.64. The van der Waals surface area contributed by atoms with Crippen molar-refractivity contribution in [2.45, 2.75) is 25.7 Å².